The van der Waals surface area contributed by atoms with E-state index in [1.807, 2.05) is 19.2 Å². The molecular formula is C14H13N3O2S. The van der Waals surface area contributed by atoms with Crippen molar-refractivity contribution in [2.24, 2.45) is 0 Å². The summed E-state index contributed by atoms with van der Waals surface area (Å²) >= 11 is 0. The van der Waals surface area contributed by atoms with Crippen molar-refractivity contribution in [3.8, 4) is 11.1 Å². The molecule has 0 spiro atoms. The summed E-state index contributed by atoms with van der Waals surface area (Å²) < 4.78 is 25.0. The van der Waals surface area contributed by atoms with E-state index in [2.05, 4.69) is 10.1 Å². The Labute approximate surface area is 116 Å². The van der Waals surface area contributed by atoms with Crippen LogP contribution >= 0.6 is 0 Å². The Balaban J connectivity index is 2.29. The molecule has 0 atom stereocenters. The zero-order valence-electron chi connectivity index (χ0n) is 11.1. The average Bonchev–Trinajstić information content (AvgIpc) is 2.73. The molecule has 0 aliphatic heterocycles. The maximum absolute atomic E-state index is 11.7. The molecule has 0 saturated heterocycles. The van der Waals surface area contributed by atoms with E-state index in [0.717, 1.165) is 22.5 Å². The molecule has 0 unspecified atom stereocenters. The van der Waals surface area contributed by atoms with E-state index in [-0.39, 0.29) is 0 Å². The topological polar surface area (TPSA) is 64.3 Å². The van der Waals surface area contributed by atoms with Gasteiger partial charge in [-0.1, -0.05) is 12.1 Å². The van der Waals surface area contributed by atoms with Gasteiger partial charge >= 0.3 is 0 Å². The highest BCUT2D eigenvalue weighted by Gasteiger charge is 2.14. The number of rotatable bonds is 2. The van der Waals surface area contributed by atoms with Gasteiger partial charge in [-0.3, -0.25) is 0 Å². The molecular weight excluding hydrogens is 274 g/mol. The summed E-state index contributed by atoms with van der Waals surface area (Å²) in [5, 5.41) is 4.39. The number of hydrogen-bond donors (Lipinski definition) is 0. The van der Waals surface area contributed by atoms with Crippen LogP contribution in [-0.2, 0) is 9.84 Å². The summed E-state index contributed by atoms with van der Waals surface area (Å²) in [6.45, 7) is 1.89. The van der Waals surface area contributed by atoms with Crippen LogP contribution in [0, 0.1) is 6.92 Å². The highest BCUT2D eigenvalue weighted by Crippen LogP contribution is 2.28. The van der Waals surface area contributed by atoms with E-state index in [0.29, 0.717) is 4.90 Å². The van der Waals surface area contributed by atoms with Gasteiger partial charge in [0.25, 0.3) is 0 Å². The highest BCUT2D eigenvalue weighted by atomic mass is 32.2. The second kappa shape index (κ2) is 4.42. The quantitative estimate of drug-likeness (QED) is 0.724. The molecule has 1 aromatic carbocycles. The summed E-state index contributed by atoms with van der Waals surface area (Å²) in [7, 11) is -3.23. The van der Waals surface area contributed by atoms with Crippen LogP contribution in [0.4, 0.5) is 0 Å². The molecule has 0 aliphatic carbocycles. The fraction of sp³-hybridized carbons (Fsp3) is 0.143. The molecule has 2 heterocycles. The first-order valence-electron chi connectivity index (χ1n) is 6.07. The van der Waals surface area contributed by atoms with Crippen molar-refractivity contribution in [1.29, 1.82) is 0 Å². The molecule has 0 bridgehead atoms. The van der Waals surface area contributed by atoms with E-state index in [1.54, 1.807) is 35.0 Å². The summed E-state index contributed by atoms with van der Waals surface area (Å²) in [6, 6.07) is 8.66. The maximum atomic E-state index is 11.7. The van der Waals surface area contributed by atoms with Crippen LogP contribution in [-0.4, -0.2) is 29.3 Å². The van der Waals surface area contributed by atoms with Gasteiger partial charge in [0.15, 0.2) is 15.5 Å². The van der Waals surface area contributed by atoms with Crippen molar-refractivity contribution in [3.63, 3.8) is 0 Å². The Morgan fingerprint density at radius 3 is 2.75 bits per heavy atom. The van der Waals surface area contributed by atoms with E-state index >= 15 is 0 Å². The predicted octanol–water partition coefficient (Wildman–Crippen LogP) is 2.11. The summed E-state index contributed by atoms with van der Waals surface area (Å²) in [5.74, 6) is 0. The second-order valence-corrected chi connectivity index (χ2v) is 6.66. The summed E-state index contributed by atoms with van der Waals surface area (Å²) in [4.78, 5) is 4.62. The molecule has 3 rings (SSSR count). The predicted molar refractivity (Wildman–Crippen MR) is 76.3 cm³/mol. The summed E-state index contributed by atoms with van der Waals surface area (Å²) in [6.07, 6.45) is 4.72. The first kappa shape index (κ1) is 12.8. The SMILES string of the molecule is Cc1nn2cccnc2c1-c1cccc(S(C)(=O)=O)c1. The minimum absolute atomic E-state index is 0.296. The molecule has 3 aromatic rings. The Kier molecular flexibility index (Phi) is 2.83. The minimum atomic E-state index is -3.23. The lowest BCUT2D eigenvalue weighted by Gasteiger charge is -2.03. The van der Waals surface area contributed by atoms with E-state index < -0.39 is 9.84 Å². The van der Waals surface area contributed by atoms with Gasteiger partial charge in [-0.05, 0) is 30.7 Å². The number of aryl methyl sites for hydroxylation is 1. The number of nitrogens with zero attached hydrogens (tertiary/aromatic N) is 3. The van der Waals surface area contributed by atoms with E-state index in [1.165, 1.54) is 6.26 Å². The summed E-state index contributed by atoms with van der Waals surface area (Å²) in [5.41, 5.74) is 3.19. The van der Waals surface area contributed by atoms with Gasteiger partial charge < -0.3 is 0 Å². The van der Waals surface area contributed by atoms with Crippen LogP contribution in [0.15, 0.2) is 47.6 Å². The first-order chi connectivity index (χ1) is 9.47. The molecule has 0 N–H and O–H groups in total. The highest BCUT2D eigenvalue weighted by molar-refractivity contribution is 7.90. The lowest BCUT2D eigenvalue weighted by Crippen LogP contribution is -1.97. The monoisotopic (exact) mass is 287 g/mol. The lowest BCUT2D eigenvalue weighted by molar-refractivity contribution is 0.602. The first-order valence-corrected chi connectivity index (χ1v) is 7.96. The third-order valence-electron chi connectivity index (χ3n) is 3.12. The minimum Gasteiger partial charge on any atom is -0.236 e. The zero-order valence-corrected chi connectivity index (χ0v) is 11.9. The van der Waals surface area contributed by atoms with Crippen molar-refractivity contribution < 1.29 is 8.42 Å². The van der Waals surface area contributed by atoms with Crippen LogP contribution in [0.5, 0.6) is 0 Å². The number of aromatic nitrogens is 3. The molecule has 0 amide bonds. The maximum Gasteiger partial charge on any atom is 0.175 e. The van der Waals surface area contributed by atoms with Gasteiger partial charge in [0.1, 0.15) is 0 Å². The van der Waals surface area contributed by atoms with E-state index in [4.69, 9.17) is 0 Å². The third kappa shape index (κ3) is 2.08. The molecule has 6 heteroatoms. The van der Waals surface area contributed by atoms with Crippen molar-refractivity contribution in [3.05, 3.63) is 48.4 Å². The molecule has 0 fully saturated rings. The van der Waals surface area contributed by atoms with Gasteiger partial charge in [-0.2, -0.15) is 5.10 Å². The fourth-order valence-corrected chi connectivity index (χ4v) is 2.88. The van der Waals surface area contributed by atoms with Crippen LogP contribution < -0.4 is 0 Å². The lowest BCUT2D eigenvalue weighted by atomic mass is 10.1. The average molecular weight is 287 g/mol. The fourth-order valence-electron chi connectivity index (χ4n) is 2.22. The van der Waals surface area contributed by atoms with Crippen molar-refractivity contribution in [1.82, 2.24) is 14.6 Å². The van der Waals surface area contributed by atoms with Gasteiger partial charge in [0.2, 0.25) is 0 Å². The standard InChI is InChI=1S/C14H13N3O2S/c1-10-13(14-15-7-4-8-17(14)16-10)11-5-3-6-12(9-11)20(2,18)19/h3-9H,1-2H3. The molecule has 20 heavy (non-hydrogen) atoms. The van der Waals surface area contributed by atoms with Crippen LogP contribution in [0.2, 0.25) is 0 Å². The van der Waals surface area contributed by atoms with Crippen molar-refractivity contribution >= 4 is 15.5 Å². The number of hydrogen-bond acceptors (Lipinski definition) is 4. The molecule has 5 nitrogen and oxygen atoms in total. The Hall–Kier alpha value is -2.21. The smallest absolute Gasteiger partial charge is 0.175 e. The van der Waals surface area contributed by atoms with Gasteiger partial charge in [-0.25, -0.2) is 17.9 Å². The molecule has 0 saturated carbocycles. The molecule has 0 aliphatic rings. The number of fused-ring (bicyclic) bond motifs is 1. The Bertz CT molecular complexity index is 898. The normalized spacial score (nSPS) is 11.9. The van der Waals surface area contributed by atoms with Gasteiger partial charge in [0.05, 0.1) is 10.6 Å². The molecule has 102 valence electrons. The third-order valence-corrected chi connectivity index (χ3v) is 4.23. The number of benzene rings is 1. The van der Waals surface area contributed by atoms with E-state index in [9.17, 15) is 8.42 Å². The second-order valence-electron chi connectivity index (χ2n) is 4.65. The number of sulfone groups is 1. The van der Waals surface area contributed by atoms with Gasteiger partial charge in [-0.15, -0.1) is 0 Å². The van der Waals surface area contributed by atoms with Gasteiger partial charge in [0, 0.05) is 24.2 Å². The molecule has 0 radical (unpaired) electrons. The molecule has 2 aromatic heterocycles. The zero-order chi connectivity index (χ0) is 14.3. The van der Waals surface area contributed by atoms with Crippen molar-refractivity contribution in [2.75, 3.05) is 6.26 Å². The Morgan fingerprint density at radius 2 is 2.00 bits per heavy atom. The largest absolute Gasteiger partial charge is 0.236 e. The van der Waals surface area contributed by atoms with Crippen LogP contribution in [0.25, 0.3) is 16.8 Å². The van der Waals surface area contributed by atoms with Crippen LogP contribution in [0.3, 0.4) is 0 Å². The van der Waals surface area contributed by atoms with Crippen molar-refractivity contribution in [2.45, 2.75) is 11.8 Å². The van der Waals surface area contributed by atoms with Crippen LogP contribution in [0.1, 0.15) is 5.69 Å². The Morgan fingerprint density at radius 1 is 1.20 bits per heavy atom.